The Morgan fingerprint density at radius 2 is 2.04 bits per heavy atom. The highest BCUT2D eigenvalue weighted by Crippen LogP contribution is 2.34. The number of ether oxygens (including phenoxy) is 1. The van der Waals surface area contributed by atoms with Gasteiger partial charge in [-0.25, -0.2) is 0 Å². The van der Waals surface area contributed by atoms with E-state index in [0.29, 0.717) is 24.4 Å². The summed E-state index contributed by atoms with van der Waals surface area (Å²) >= 11 is 6.15. The van der Waals surface area contributed by atoms with Gasteiger partial charge in [-0.05, 0) is 36.1 Å². The summed E-state index contributed by atoms with van der Waals surface area (Å²) in [6.07, 6.45) is 2.05. The first-order valence-corrected chi connectivity index (χ1v) is 8.93. The van der Waals surface area contributed by atoms with Crippen LogP contribution in [-0.2, 0) is 17.6 Å². The van der Waals surface area contributed by atoms with Crippen LogP contribution in [0.2, 0.25) is 5.02 Å². The second-order valence-corrected chi connectivity index (χ2v) is 7.37. The lowest BCUT2D eigenvalue weighted by molar-refractivity contribution is -0.0379. The Balaban J connectivity index is 1.56. The topological polar surface area (TPSA) is 51.4 Å². The van der Waals surface area contributed by atoms with Crippen LogP contribution < -0.4 is 0 Å². The van der Waals surface area contributed by atoms with Gasteiger partial charge in [0.25, 0.3) is 0 Å². The van der Waals surface area contributed by atoms with Crippen molar-refractivity contribution < 1.29 is 9.15 Å². The summed E-state index contributed by atoms with van der Waals surface area (Å²) in [7, 11) is 0. The van der Waals surface area contributed by atoms with Crippen LogP contribution in [0.15, 0.2) is 22.6 Å². The smallest absolute Gasteiger partial charge is 0.236 e. The summed E-state index contributed by atoms with van der Waals surface area (Å²) in [5.41, 5.74) is 2.74. The Kier molecular flexibility index (Phi) is 4.33. The van der Waals surface area contributed by atoms with E-state index >= 15 is 0 Å². The zero-order valence-corrected chi connectivity index (χ0v) is 14.8. The molecule has 2 atom stereocenters. The summed E-state index contributed by atoms with van der Waals surface area (Å²) in [5.74, 6) is 1.60. The van der Waals surface area contributed by atoms with Crippen molar-refractivity contribution in [3.63, 3.8) is 0 Å². The molecule has 24 heavy (non-hydrogen) atoms. The van der Waals surface area contributed by atoms with E-state index in [0.717, 1.165) is 31.0 Å². The number of aromatic nitrogens is 2. The highest BCUT2D eigenvalue weighted by atomic mass is 35.5. The highest BCUT2D eigenvalue weighted by molar-refractivity contribution is 6.30. The Morgan fingerprint density at radius 3 is 2.83 bits per heavy atom. The van der Waals surface area contributed by atoms with Crippen molar-refractivity contribution in [1.29, 1.82) is 0 Å². The van der Waals surface area contributed by atoms with E-state index in [4.69, 9.17) is 20.8 Å². The first kappa shape index (κ1) is 16.1. The summed E-state index contributed by atoms with van der Waals surface area (Å²) in [4.78, 5) is 2.47. The van der Waals surface area contributed by atoms with E-state index in [-0.39, 0.29) is 12.0 Å². The fraction of sp³-hybridized carbons (Fsp3) is 0.556. The number of hydrogen-bond donors (Lipinski definition) is 0. The summed E-state index contributed by atoms with van der Waals surface area (Å²) < 4.78 is 11.6. The second kappa shape index (κ2) is 6.47. The molecule has 0 bridgehead atoms. The fourth-order valence-electron chi connectivity index (χ4n) is 3.68. The van der Waals surface area contributed by atoms with Crippen molar-refractivity contribution in [1.82, 2.24) is 15.1 Å². The minimum Gasteiger partial charge on any atom is -0.423 e. The first-order chi connectivity index (χ1) is 11.6. The van der Waals surface area contributed by atoms with Gasteiger partial charge in [0, 0.05) is 23.5 Å². The zero-order chi connectivity index (χ0) is 16.7. The molecule has 1 aliphatic heterocycles. The summed E-state index contributed by atoms with van der Waals surface area (Å²) in [5, 5.41) is 9.28. The van der Waals surface area contributed by atoms with Crippen LogP contribution in [-0.4, -0.2) is 40.9 Å². The van der Waals surface area contributed by atoms with Crippen LogP contribution in [0.4, 0.5) is 0 Å². The van der Waals surface area contributed by atoms with Crippen LogP contribution in [0, 0.1) is 0 Å². The van der Waals surface area contributed by atoms with E-state index in [1.54, 1.807) is 0 Å². The molecule has 2 aromatic rings. The van der Waals surface area contributed by atoms with Crippen molar-refractivity contribution in [3.05, 3.63) is 46.1 Å². The molecule has 0 amide bonds. The Labute approximate surface area is 147 Å². The molecule has 0 N–H and O–H groups in total. The Hall–Kier alpha value is -1.43. The number of benzene rings is 1. The molecule has 1 aromatic heterocycles. The van der Waals surface area contributed by atoms with Crippen LogP contribution in [0.1, 0.15) is 48.7 Å². The van der Waals surface area contributed by atoms with Crippen molar-refractivity contribution >= 4 is 11.6 Å². The zero-order valence-electron chi connectivity index (χ0n) is 14.0. The number of rotatable bonds is 3. The van der Waals surface area contributed by atoms with Crippen molar-refractivity contribution in [2.45, 2.75) is 44.7 Å². The van der Waals surface area contributed by atoms with Gasteiger partial charge in [-0.2, -0.15) is 0 Å². The van der Waals surface area contributed by atoms with Crippen molar-refractivity contribution in [2.75, 3.05) is 19.8 Å². The predicted molar refractivity (Wildman–Crippen MR) is 91.3 cm³/mol. The Morgan fingerprint density at radius 1 is 1.21 bits per heavy atom. The maximum absolute atomic E-state index is 6.15. The quantitative estimate of drug-likeness (QED) is 0.851. The molecule has 1 aromatic carbocycles. The first-order valence-electron chi connectivity index (χ1n) is 8.56. The molecule has 5 nitrogen and oxygen atoms in total. The fourth-order valence-corrected chi connectivity index (χ4v) is 3.87. The van der Waals surface area contributed by atoms with E-state index in [1.165, 1.54) is 11.1 Å². The molecule has 0 radical (unpaired) electrons. The molecule has 6 heteroatoms. The molecular formula is C18H22ClN3O2. The summed E-state index contributed by atoms with van der Waals surface area (Å²) in [6.45, 7) is 6.35. The third kappa shape index (κ3) is 2.96. The number of morpholine rings is 1. The lowest BCUT2D eigenvalue weighted by Crippen LogP contribution is -2.46. The van der Waals surface area contributed by atoms with Crippen LogP contribution in [0.3, 0.4) is 0 Å². The second-order valence-electron chi connectivity index (χ2n) is 6.94. The molecule has 4 rings (SSSR count). The molecule has 128 valence electrons. The van der Waals surface area contributed by atoms with Crippen LogP contribution in [0.25, 0.3) is 0 Å². The van der Waals surface area contributed by atoms with Crippen LogP contribution in [0.5, 0.6) is 0 Å². The minimum atomic E-state index is 0.0357. The van der Waals surface area contributed by atoms with E-state index in [1.807, 2.05) is 6.07 Å². The van der Waals surface area contributed by atoms with Gasteiger partial charge in [-0.1, -0.05) is 31.5 Å². The minimum absolute atomic E-state index is 0.0357. The van der Waals surface area contributed by atoms with Crippen LogP contribution >= 0.6 is 11.6 Å². The lowest BCUT2D eigenvalue weighted by Gasteiger charge is -2.37. The molecule has 2 heterocycles. The van der Waals surface area contributed by atoms with Gasteiger partial charge in [0.15, 0.2) is 0 Å². The Bertz CT molecular complexity index is 731. The molecule has 1 saturated heterocycles. The monoisotopic (exact) mass is 347 g/mol. The van der Waals surface area contributed by atoms with E-state index < -0.39 is 0 Å². The van der Waals surface area contributed by atoms with Gasteiger partial charge >= 0.3 is 0 Å². The third-order valence-electron chi connectivity index (χ3n) is 4.95. The van der Waals surface area contributed by atoms with Gasteiger partial charge < -0.3 is 9.15 Å². The molecular weight excluding hydrogens is 326 g/mol. The normalized spacial score (nSPS) is 24.5. The maximum atomic E-state index is 6.15. The molecule has 2 aliphatic rings. The third-order valence-corrected chi connectivity index (χ3v) is 5.19. The van der Waals surface area contributed by atoms with E-state index in [2.05, 4.69) is 41.1 Å². The number of halogens is 1. The average molecular weight is 348 g/mol. The highest BCUT2D eigenvalue weighted by Gasteiger charge is 2.37. The number of fused-ring (bicyclic) bond motifs is 1. The number of nitrogens with zero attached hydrogens (tertiary/aromatic N) is 3. The molecule has 0 spiro atoms. The molecule has 0 saturated carbocycles. The van der Waals surface area contributed by atoms with Gasteiger partial charge in [0.1, 0.15) is 6.04 Å². The number of hydrogen-bond acceptors (Lipinski definition) is 5. The van der Waals surface area contributed by atoms with Gasteiger partial charge in [-0.15, -0.1) is 10.2 Å². The molecule has 1 aliphatic carbocycles. The largest absolute Gasteiger partial charge is 0.423 e. The lowest BCUT2D eigenvalue weighted by atomic mass is 10.1. The maximum Gasteiger partial charge on any atom is 0.236 e. The molecule has 1 fully saturated rings. The van der Waals surface area contributed by atoms with E-state index in [9.17, 15) is 0 Å². The SMILES string of the molecule is CC(C)c1nnc(C2COCCN2C2Cc3ccc(Cl)cc3C2)o1. The molecule has 2 unspecified atom stereocenters. The van der Waals surface area contributed by atoms with Crippen molar-refractivity contribution in [2.24, 2.45) is 0 Å². The van der Waals surface area contributed by atoms with Gasteiger partial charge in [0.05, 0.1) is 13.2 Å². The van der Waals surface area contributed by atoms with Gasteiger partial charge in [-0.3, -0.25) is 4.90 Å². The summed E-state index contributed by atoms with van der Waals surface area (Å²) in [6, 6.07) is 6.69. The predicted octanol–water partition coefficient (Wildman–Crippen LogP) is 3.39. The van der Waals surface area contributed by atoms with Gasteiger partial charge in [0.2, 0.25) is 11.8 Å². The standard InChI is InChI=1S/C18H22ClN3O2/c1-11(2)17-20-21-18(24-17)16-10-23-6-5-22(16)15-8-12-3-4-14(19)7-13(12)9-15/h3-4,7,11,15-16H,5-6,8-10H2,1-2H3. The van der Waals surface area contributed by atoms with Crippen molar-refractivity contribution in [3.8, 4) is 0 Å². The average Bonchev–Trinajstić information content (AvgIpc) is 3.21.